The molecule has 6 nitrogen and oxygen atoms in total. The number of rotatable bonds is 5. The topological polar surface area (TPSA) is 59.2 Å². The van der Waals surface area contributed by atoms with E-state index in [9.17, 15) is 0 Å². The average Bonchev–Trinajstić information content (AvgIpc) is 3.29. The molecule has 0 fully saturated rings. The lowest BCUT2D eigenvalue weighted by atomic mass is 10.2. The molecule has 0 bridgehead atoms. The van der Waals surface area contributed by atoms with Crippen LogP contribution in [0.2, 0.25) is 0 Å². The highest BCUT2D eigenvalue weighted by Crippen LogP contribution is 2.19. The maximum absolute atomic E-state index is 4.71. The normalized spacial score (nSPS) is 11.0. The fourth-order valence-electron chi connectivity index (χ4n) is 2.50. The molecule has 4 rings (SSSR count). The summed E-state index contributed by atoms with van der Waals surface area (Å²) in [5.41, 5.74) is 1.74. The summed E-state index contributed by atoms with van der Waals surface area (Å²) in [4.78, 5) is 6.44. The van der Waals surface area contributed by atoms with Gasteiger partial charge in [0, 0.05) is 37.2 Å². The van der Waals surface area contributed by atoms with Gasteiger partial charge in [-0.1, -0.05) is 30.3 Å². The van der Waals surface area contributed by atoms with Crippen molar-refractivity contribution in [1.82, 2.24) is 24.8 Å². The zero-order valence-electron chi connectivity index (χ0n) is 13.2. The molecule has 7 heteroatoms. The zero-order valence-corrected chi connectivity index (χ0v) is 14.0. The minimum Gasteiger partial charge on any atom is -0.358 e. The fraction of sp³-hybridized carbons (Fsp3) is 0.176. The fourth-order valence-corrected chi connectivity index (χ4v) is 3.11. The molecule has 3 aromatic heterocycles. The van der Waals surface area contributed by atoms with Crippen LogP contribution < -0.4 is 4.90 Å². The maximum atomic E-state index is 4.71. The first-order chi connectivity index (χ1) is 11.8. The molecule has 0 atom stereocenters. The molecule has 0 spiro atoms. The number of aromatic nitrogens is 5. The molecule has 0 saturated heterocycles. The van der Waals surface area contributed by atoms with Crippen LogP contribution in [0.4, 0.5) is 5.82 Å². The van der Waals surface area contributed by atoms with Crippen molar-refractivity contribution in [3.05, 3.63) is 59.0 Å². The Bertz CT molecular complexity index is 932. The van der Waals surface area contributed by atoms with Gasteiger partial charge in [0.25, 0.3) is 0 Å². The number of hydrogen-bond donors (Lipinski definition) is 0. The summed E-state index contributed by atoms with van der Waals surface area (Å²) in [6.07, 6.45) is 2.75. The highest BCUT2D eigenvalue weighted by molar-refractivity contribution is 7.09. The van der Waals surface area contributed by atoms with Crippen molar-refractivity contribution in [3.63, 3.8) is 0 Å². The van der Waals surface area contributed by atoms with Crippen LogP contribution in [-0.2, 0) is 6.42 Å². The molecule has 0 radical (unpaired) electrons. The molecule has 1 aromatic carbocycles. The van der Waals surface area contributed by atoms with Gasteiger partial charge in [-0.2, -0.15) is 4.52 Å². The van der Waals surface area contributed by atoms with Crippen LogP contribution in [0, 0.1) is 0 Å². The number of anilines is 1. The van der Waals surface area contributed by atoms with E-state index in [1.807, 2.05) is 61.1 Å². The number of likely N-dealkylation sites (N-methyl/N-ethyl adjacent to an activating group) is 1. The molecular formula is C17H16N6S. The summed E-state index contributed by atoms with van der Waals surface area (Å²) >= 11 is 1.68. The predicted octanol–water partition coefficient (Wildman–Crippen LogP) is 2.93. The summed E-state index contributed by atoms with van der Waals surface area (Å²) < 4.78 is 1.80. The number of hydrogen-bond acceptors (Lipinski definition) is 6. The highest BCUT2D eigenvalue weighted by Gasteiger charge is 2.11. The Balaban J connectivity index is 1.62. The van der Waals surface area contributed by atoms with E-state index in [4.69, 9.17) is 5.10 Å². The number of fused-ring (bicyclic) bond motifs is 1. The molecule has 0 N–H and O–H groups in total. The van der Waals surface area contributed by atoms with E-state index in [0.717, 1.165) is 40.8 Å². The molecule has 0 amide bonds. The molecule has 24 heavy (non-hydrogen) atoms. The van der Waals surface area contributed by atoms with Gasteiger partial charge in [0.15, 0.2) is 11.5 Å². The van der Waals surface area contributed by atoms with Gasteiger partial charge >= 0.3 is 0 Å². The number of thiazole rings is 1. The minimum atomic E-state index is 0.742. The summed E-state index contributed by atoms with van der Waals surface area (Å²) in [5, 5.41) is 16.3. The lowest BCUT2D eigenvalue weighted by molar-refractivity contribution is 0.820. The van der Waals surface area contributed by atoms with Gasteiger partial charge in [0.1, 0.15) is 5.82 Å². The van der Waals surface area contributed by atoms with Gasteiger partial charge in [-0.05, 0) is 12.1 Å². The van der Waals surface area contributed by atoms with E-state index in [0.29, 0.717) is 0 Å². The molecule has 3 heterocycles. The van der Waals surface area contributed by atoms with Crippen LogP contribution in [-0.4, -0.2) is 38.4 Å². The average molecular weight is 336 g/mol. The Kier molecular flexibility index (Phi) is 3.92. The third-order valence-electron chi connectivity index (χ3n) is 3.82. The monoisotopic (exact) mass is 336 g/mol. The first-order valence-corrected chi connectivity index (χ1v) is 8.56. The first-order valence-electron chi connectivity index (χ1n) is 7.68. The molecule has 0 aliphatic carbocycles. The Morgan fingerprint density at radius 1 is 1.08 bits per heavy atom. The third kappa shape index (κ3) is 2.85. The van der Waals surface area contributed by atoms with Crippen molar-refractivity contribution in [2.75, 3.05) is 18.5 Å². The smallest absolute Gasteiger partial charge is 0.185 e. The van der Waals surface area contributed by atoms with Crippen molar-refractivity contribution in [1.29, 1.82) is 0 Å². The van der Waals surface area contributed by atoms with Crippen molar-refractivity contribution < 1.29 is 0 Å². The third-order valence-corrected chi connectivity index (χ3v) is 4.66. The van der Waals surface area contributed by atoms with E-state index in [-0.39, 0.29) is 0 Å². The molecule has 4 aromatic rings. The van der Waals surface area contributed by atoms with E-state index < -0.39 is 0 Å². The second-order valence-corrected chi connectivity index (χ2v) is 6.43. The minimum absolute atomic E-state index is 0.742. The van der Waals surface area contributed by atoms with Crippen LogP contribution in [0.1, 0.15) is 5.01 Å². The molecular weight excluding hydrogens is 320 g/mol. The van der Waals surface area contributed by atoms with Gasteiger partial charge in [-0.3, -0.25) is 0 Å². The van der Waals surface area contributed by atoms with Crippen molar-refractivity contribution in [3.8, 4) is 11.4 Å². The van der Waals surface area contributed by atoms with E-state index in [2.05, 4.69) is 20.1 Å². The van der Waals surface area contributed by atoms with E-state index in [1.165, 1.54) is 0 Å². The number of benzene rings is 1. The van der Waals surface area contributed by atoms with Gasteiger partial charge < -0.3 is 4.90 Å². The lowest BCUT2D eigenvalue weighted by Crippen LogP contribution is -2.22. The summed E-state index contributed by atoms with van der Waals surface area (Å²) in [6.45, 7) is 0.856. The maximum Gasteiger partial charge on any atom is 0.185 e. The van der Waals surface area contributed by atoms with Crippen molar-refractivity contribution in [2.45, 2.75) is 6.42 Å². The summed E-state index contributed by atoms with van der Waals surface area (Å²) in [6, 6.07) is 13.9. The summed E-state index contributed by atoms with van der Waals surface area (Å²) in [5.74, 6) is 1.64. The van der Waals surface area contributed by atoms with Crippen molar-refractivity contribution >= 4 is 22.8 Å². The van der Waals surface area contributed by atoms with Crippen LogP contribution in [0.25, 0.3) is 17.0 Å². The van der Waals surface area contributed by atoms with Crippen LogP contribution in [0.15, 0.2) is 54.0 Å². The molecule has 0 aliphatic rings. The second-order valence-electron chi connectivity index (χ2n) is 5.45. The Hall–Kier alpha value is -2.80. The Morgan fingerprint density at radius 2 is 1.96 bits per heavy atom. The highest BCUT2D eigenvalue weighted by atomic mass is 32.1. The molecule has 0 aliphatic heterocycles. The van der Waals surface area contributed by atoms with Gasteiger partial charge in [-0.15, -0.1) is 26.6 Å². The molecule has 0 unspecified atom stereocenters. The first kappa shape index (κ1) is 14.8. The van der Waals surface area contributed by atoms with Crippen molar-refractivity contribution in [2.24, 2.45) is 0 Å². The molecule has 120 valence electrons. The van der Waals surface area contributed by atoms with Crippen LogP contribution in [0.3, 0.4) is 0 Å². The van der Waals surface area contributed by atoms with Crippen LogP contribution in [0.5, 0.6) is 0 Å². The largest absolute Gasteiger partial charge is 0.358 e. The zero-order chi connectivity index (χ0) is 16.4. The second kappa shape index (κ2) is 6.37. The predicted molar refractivity (Wildman–Crippen MR) is 95.3 cm³/mol. The van der Waals surface area contributed by atoms with E-state index in [1.54, 1.807) is 15.9 Å². The lowest BCUT2D eigenvalue weighted by Gasteiger charge is -2.17. The van der Waals surface area contributed by atoms with Gasteiger partial charge in [-0.25, -0.2) is 4.98 Å². The standard InChI is InChI=1S/C17H16N6S/c1-22(11-9-16-18-10-12-24-16)15-8-7-14-19-20-17(23(14)21-15)13-5-3-2-4-6-13/h2-8,10,12H,9,11H2,1H3. The SMILES string of the molecule is CN(CCc1nccs1)c1ccc2nnc(-c3ccccc3)n2n1. The Labute approximate surface area is 143 Å². The van der Waals surface area contributed by atoms with E-state index >= 15 is 0 Å². The summed E-state index contributed by atoms with van der Waals surface area (Å²) in [7, 11) is 2.04. The van der Waals surface area contributed by atoms with Gasteiger partial charge in [0.2, 0.25) is 0 Å². The van der Waals surface area contributed by atoms with Gasteiger partial charge in [0.05, 0.1) is 5.01 Å². The molecule has 0 saturated carbocycles. The quantitative estimate of drug-likeness (QED) is 0.561. The number of nitrogens with zero attached hydrogens (tertiary/aromatic N) is 6. The van der Waals surface area contributed by atoms with Crippen LogP contribution >= 0.6 is 11.3 Å². The Morgan fingerprint density at radius 3 is 2.75 bits per heavy atom.